The number of benzene rings is 1. The minimum atomic E-state index is -1.60. The fourth-order valence-corrected chi connectivity index (χ4v) is 2.53. The number of Topliss-reactive ketones (excluding diaryl/α,β-unsaturated/α-hetero) is 1. The second-order valence-electron chi connectivity index (χ2n) is 4.00. The van der Waals surface area contributed by atoms with Crippen LogP contribution in [0.3, 0.4) is 0 Å². The second-order valence-corrected chi connectivity index (χ2v) is 5.00. The molecule has 0 fully saturated rings. The molecule has 0 bridgehead atoms. The summed E-state index contributed by atoms with van der Waals surface area (Å²) in [5.74, 6) is -5.66. The quantitative estimate of drug-likeness (QED) is 0.496. The SMILES string of the molecule is COC(=O)c1nc(-c2cc(F)c(F)c(F)c2)sc1C(C)=O. The number of halogens is 3. The molecule has 0 aliphatic heterocycles. The van der Waals surface area contributed by atoms with Gasteiger partial charge in [-0.2, -0.15) is 0 Å². The van der Waals surface area contributed by atoms with E-state index >= 15 is 0 Å². The first kappa shape index (κ1) is 15.2. The molecule has 0 spiro atoms. The molecule has 1 heterocycles. The molecule has 21 heavy (non-hydrogen) atoms. The molecule has 0 saturated heterocycles. The van der Waals surface area contributed by atoms with Crippen molar-refractivity contribution in [3.8, 4) is 10.6 Å². The summed E-state index contributed by atoms with van der Waals surface area (Å²) in [4.78, 5) is 26.9. The van der Waals surface area contributed by atoms with Crippen molar-refractivity contribution in [3.05, 3.63) is 40.2 Å². The largest absolute Gasteiger partial charge is 0.464 e. The maximum absolute atomic E-state index is 13.2. The van der Waals surface area contributed by atoms with Gasteiger partial charge in [0.25, 0.3) is 0 Å². The Labute approximate surface area is 121 Å². The van der Waals surface area contributed by atoms with Crippen molar-refractivity contribution in [1.29, 1.82) is 0 Å². The van der Waals surface area contributed by atoms with Crippen molar-refractivity contribution in [2.45, 2.75) is 6.92 Å². The third kappa shape index (κ3) is 2.80. The van der Waals surface area contributed by atoms with E-state index in [-0.39, 0.29) is 21.1 Å². The third-order valence-electron chi connectivity index (χ3n) is 2.56. The molecule has 1 aromatic heterocycles. The van der Waals surface area contributed by atoms with Gasteiger partial charge in [-0.3, -0.25) is 4.79 Å². The number of aromatic nitrogens is 1. The monoisotopic (exact) mass is 315 g/mol. The average molecular weight is 315 g/mol. The second kappa shape index (κ2) is 5.65. The number of carbonyl (C=O) groups excluding carboxylic acids is 2. The summed E-state index contributed by atoms with van der Waals surface area (Å²) in [6, 6.07) is 1.48. The molecule has 8 heteroatoms. The van der Waals surface area contributed by atoms with Crippen LogP contribution in [-0.2, 0) is 4.74 Å². The Kier molecular flexibility index (Phi) is 4.08. The van der Waals surface area contributed by atoms with E-state index in [4.69, 9.17) is 0 Å². The lowest BCUT2D eigenvalue weighted by Crippen LogP contribution is -2.06. The topological polar surface area (TPSA) is 56.3 Å². The lowest BCUT2D eigenvalue weighted by molar-refractivity contribution is 0.0591. The van der Waals surface area contributed by atoms with E-state index in [1.165, 1.54) is 6.92 Å². The third-order valence-corrected chi connectivity index (χ3v) is 3.76. The summed E-state index contributed by atoms with van der Waals surface area (Å²) in [5.41, 5.74) is -0.316. The summed E-state index contributed by atoms with van der Waals surface area (Å²) >= 11 is 0.770. The summed E-state index contributed by atoms with van der Waals surface area (Å²) in [5, 5.41) is 0.0124. The Hall–Kier alpha value is -2.22. The van der Waals surface area contributed by atoms with Gasteiger partial charge in [0.15, 0.2) is 28.9 Å². The van der Waals surface area contributed by atoms with Crippen molar-refractivity contribution in [2.75, 3.05) is 7.11 Å². The molecule has 0 atom stereocenters. The predicted molar refractivity (Wildman–Crippen MR) is 68.8 cm³/mol. The number of hydrogen-bond donors (Lipinski definition) is 0. The Morgan fingerprint density at radius 1 is 1.19 bits per heavy atom. The zero-order chi connectivity index (χ0) is 15.7. The molecule has 0 amide bonds. The molecule has 4 nitrogen and oxygen atoms in total. The number of carbonyl (C=O) groups is 2. The first-order valence-electron chi connectivity index (χ1n) is 5.60. The van der Waals surface area contributed by atoms with Crippen LogP contribution in [0.1, 0.15) is 27.1 Å². The zero-order valence-electron chi connectivity index (χ0n) is 10.9. The first-order chi connectivity index (χ1) is 9.85. The van der Waals surface area contributed by atoms with E-state index in [0.717, 1.165) is 30.6 Å². The number of methoxy groups -OCH3 is 1. The molecular weight excluding hydrogens is 307 g/mol. The lowest BCUT2D eigenvalue weighted by Gasteiger charge is -1.99. The minimum Gasteiger partial charge on any atom is -0.464 e. The summed E-state index contributed by atoms with van der Waals surface area (Å²) in [6.07, 6.45) is 0. The maximum Gasteiger partial charge on any atom is 0.358 e. The number of nitrogens with zero attached hydrogens (tertiary/aromatic N) is 1. The Morgan fingerprint density at radius 3 is 2.24 bits per heavy atom. The molecule has 0 aliphatic carbocycles. The number of hydrogen-bond acceptors (Lipinski definition) is 5. The molecule has 2 rings (SSSR count). The van der Waals surface area contributed by atoms with E-state index in [2.05, 4.69) is 9.72 Å². The van der Waals surface area contributed by atoms with Crippen LogP contribution in [0.5, 0.6) is 0 Å². The van der Waals surface area contributed by atoms with Gasteiger partial charge in [-0.25, -0.2) is 22.9 Å². The van der Waals surface area contributed by atoms with Crippen molar-refractivity contribution >= 4 is 23.1 Å². The van der Waals surface area contributed by atoms with Crippen LogP contribution in [0.4, 0.5) is 13.2 Å². The molecule has 0 radical (unpaired) electrons. The van der Waals surface area contributed by atoms with Gasteiger partial charge in [-0.05, 0) is 12.1 Å². The Morgan fingerprint density at radius 2 is 1.76 bits per heavy atom. The highest BCUT2D eigenvalue weighted by atomic mass is 32.1. The van der Waals surface area contributed by atoms with E-state index in [0.29, 0.717) is 0 Å². The van der Waals surface area contributed by atoms with Gasteiger partial charge < -0.3 is 4.74 Å². The smallest absolute Gasteiger partial charge is 0.358 e. The molecule has 2 aromatic rings. The Balaban J connectivity index is 2.60. The van der Waals surface area contributed by atoms with Gasteiger partial charge in [0.05, 0.1) is 7.11 Å². The van der Waals surface area contributed by atoms with Crippen LogP contribution in [0.25, 0.3) is 10.6 Å². The standard InChI is InChI=1S/C13H8F3NO3S/c1-5(18)11-10(13(19)20-2)17-12(21-11)6-3-7(14)9(16)8(15)4-6/h3-4H,1-2H3. The maximum atomic E-state index is 13.2. The molecule has 0 saturated carbocycles. The van der Waals surface area contributed by atoms with Gasteiger partial charge in [0, 0.05) is 12.5 Å². The van der Waals surface area contributed by atoms with Crippen LogP contribution >= 0.6 is 11.3 Å². The number of esters is 1. The average Bonchev–Trinajstić information content (AvgIpc) is 2.88. The van der Waals surface area contributed by atoms with Crippen LogP contribution < -0.4 is 0 Å². The number of ether oxygens (including phenoxy) is 1. The molecule has 0 unspecified atom stereocenters. The van der Waals surface area contributed by atoms with Gasteiger partial charge in [-0.15, -0.1) is 11.3 Å². The van der Waals surface area contributed by atoms with Crippen LogP contribution in [0.15, 0.2) is 12.1 Å². The van der Waals surface area contributed by atoms with E-state index < -0.39 is 29.2 Å². The normalized spacial score (nSPS) is 10.5. The summed E-state index contributed by atoms with van der Waals surface area (Å²) in [6.45, 7) is 1.22. The molecular formula is C13H8F3NO3S. The van der Waals surface area contributed by atoms with Gasteiger partial charge in [0.2, 0.25) is 0 Å². The van der Waals surface area contributed by atoms with E-state index in [1.807, 2.05) is 0 Å². The molecule has 0 N–H and O–H groups in total. The predicted octanol–water partition coefficient (Wildman–Crippen LogP) is 3.22. The van der Waals surface area contributed by atoms with Crippen molar-refractivity contribution in [2.24, 2.45) is 0 Å². The minimum absolute atomic E-state index is 0.00184. The van der Waals surface area contributed by atoms with Crippen LogP contribution in [0.2, 0.25) is 0 Å². The van der Waals surface area contributed by atoms with Crippen molar-refractivity contribution in [3.63, 3.8) is 0 Å². The van der Waals surface area contributed by atoms with Gasteiger partial charge >= 0.3 is 5.97 Å². The summed E-state index contributed by atoms with van der Waals surface area (Å²) < 4.78 is 43.9. The molecule has 0 aliphatic rings. The number of ketones is 1. The van der Waals surface area contributed by atoms with Gasteiger partial charge in [-0.1, -0.05) is 0 Å². The van der Waals surface area contributed by atoms with Crippen molar-refractivity contribution in [1.82, 2.24) is 4.98 Å². The van der Waals surface area contributed by atoms with Crippen LogP contribution in [-0.4, -0.2) is 23.8 Å². The fourth-order valence-electron chi connectivity index (χ4n) is 1.60. The number of thiazole rings is 1. The highest BCUT2D eigenvalue weighted by molar-refractivity contribution is 7.17. The first-order valence-corrected chi connectivity index (χ1v) is 6.41. The van der Waals surface area contributed by atoms with E-state index in [9.17, 15) is 22.8 Å². The van der Waals surface area contributed by atoms with E-state index in [1.54, 1.807) is 0 Å². The molecule has 1 aromatic carbocycles. The summed E-state index contributed by atoms with van der Waals surface area (Å²) in [7, 11) is 1.11. The lowest BCUT2D eigenvalue weighted by atomic mass is 10.2. The highest BCUT2D eigenvalue weighted by Gasteiger charge is 2.23. The number of rotatable bonds is 3. The molecule has 110 valence electrons. The van der Waals surface area contributed by atoms with Crippen molar-refractivity contribution < 1.29 is 27.5 Å². The van der Waals surface area contributed by atoms with Gasteiger partial charge in [0.1, 0.15) is 9.88 Å². The fraction of sp³-hybridized carbons (Fsp3) is 0.154. The highest BCUT2D eigenvalue weighted by Crippen LogP contribution is 2.30. The van der Waals surface area contributed by atoms with Crippen LogP contribution in [0, 0.1) is 17.5 Å². The Bertz CT molecular complexity index is 719. The zero-order valence-corrected chi connectivity index (χ0v) is 11.7.